The topological polar surface area (TPSA) is 48.9 Å². The zero-order valence-corrected chi connectivity index (χ0v) is 15.9. The van der Waals surface area contributed by atoms with Gasteiger partial charge < -0.3 is 15.4 Å². The molecule has 1 heterocycles. The number of hydrogen-bond donors (Lipinski definition) is 2. The number of guanidine groups is 1. The molecule has 140 valence electrons. The maximum Gasteiger partial charge on any atom is 0.191 e. The Bertz CT molecular complexity index is 512. The van der Waals surface area contributed by atoms with Crippen molar-refractivity contribution in [3.63, 3.8) is 0 Å². The summed E-state index contributed by atoms with van der Waals surface area (Å²) in [6.07, 6.45) is 3.69. The second kappa shape index (κ2) is 11.9. The van der Waals surface area contributed by atoms with E-state index in [0.29, 0.717) is 6.54 Å². The summed E-state index contributed by atoms with van der Waals surface area (Å²) in [7, 11) is 0. The minimum Gasteiger partial charge on any atom is -0.379 e. The molecule has 0 amide bonds. The monoisotopic (exact) mass is 346 g/mol. The number of aliphatic imine (C=N–C) groups is 1. The predicted octanol–water partition coefficient (Wildman–Crippen LogP) is 2.76. The fourth-order valence-corrected chi connectivity index (χ4v) is 2.94. The Kier molecular flexibility index (Phi) is 9.37. The summed E-state index contributed by atoms with van der Waals surface area (Å²) < 4.78 is 5.42. The molecule has 0 radical (unpaired) electrons. The van der Waals surface area contributed by atoms with Crippen molar-refractivity contribution >= 4 is 5.96 Å². The van der Waals surface area contributed by atoms with Crippen molar-refractivity contribution in [2.75, 3.05) is 39.4 Å². The van der Waals surface area contributed by atoms with Crippen LogP contribution in [0.3, 0.4) is 0 Å². The van der Waals surface area contributed by atoms with Gasteiger partial charge in [-0.25, -0.2) is 4.99 Å². The molecule has 0 aliphatic carbocycles. The van der Waals surface area contributed by atoms with Crippen molar-refractivity contribution in [3.8, 4) is 0 Å². The van der Waals surface area contributed by atoms with E-state index in [4.69, 9.17) is 9.73 Å². The van der Waals surface area contributed by atoms with Gasteiger partial charge in [0.2, 0.25) is 0 Å². The first kappa shape index (κ1) is 19.7. The molecule has 1 aromatic rings. The van der Waals surface area contributed by atoms with Crippen molar-refractivity contribution in [2.45, 2.75) is 46.2 Å². The summed E-state index contributed by atoms with van der Waals surface area (Å²) in [5.41, 5.74) is 2.62. The van der Waals surface area contributed by atoms with Crippen LogP contribution in [0.2, 0.25) is 0 Å². The molecule has 1 fully saturated rings. The summed E-state index contributed by atoms with van der Waals surface area (Å²) in [4.78, 5) is 7.18. The SMILES string of the molecule is CCCCCNC(=NCc1cccc(CN2CCOCC2)c1)NCC. The number of hydrogen-bond acceptors (Lipinski definition) is 3. The van der Waals surface area contributed by atoms with Gasteiger partial charge in [0.05, 0.1) is 19.8 Å². The molecular formula is C20H34N4O. The summed E-state index contributed by atoms with van der Waals surface area (Å²) in [6.45, 7) is 11.6. The summed E-state index contributed by atoms with van der Waals surface area (Å²) in [5, 5.41) is 6.75. The highest BCUT2D eigenvalue weighted by atomic mass is 16.5. The molecule has 1 aliphatic heterocycles. The van der Waals surface area contributed by atoms with E-state index in [0.717, 1.165) is 51.9 Å². The van der Waals surface area contributed by atoms with Gasteiger partial charge in [-0.05, 0) is 24.5 Å². The van der Waals surface area contributed by atoms with Crippen LogP contribution >= 0.6 is 0 Å². The van der Waals surface area contributed by atoms with Gasteiger partial charge in [-0.2, -0.15) is 0 Å². The van der Waals surface area contributed by atoms with Crippen LogP contribution in [-0.2, 0) is 17.8 Å². The van der Waals surface area contributed by atoms with E-state index in [1.807, 2.05) is 0 Å². The first-order chi connectivity index (χ1) is 12.3. The molecular weight excluding hydrogens is 312 g/mol. The van der Waals surface area contributed by atoms with E-state index in [-0.39, 0.29) is 0 Å². The van der Waals surface area contributed by atoms with Crippen LogP contribution in [0.15, 0.2) is 29.3 Å². The highest BCUT2D eigenvalue weighted by Gasteiger charge is 2.10. The van der Waals surface area contributed by atoms with Gasteiger partial charge in [-0.15, -0.1) is 0 Å². The molecule has 0 bridgehead atoms. The van der Waals surface area contributed by atoms with Crippen molar-refractivity contribution in [2.24, 2.45) is 4.99 Å². The van der Waals surface area contributed by atoms with E-state index in [1.165, 1.54) is 30.4 Å². The quantitative estimate of drug-likeness (QED) is 0.410. The lowest BCUT2D eigenvalue weighted by molar-refractivity contribution is 0.0342. The van der Waals surface area contributed by atoms with Crippen LogP contribution in [0.4, 0.5) is 0 Å². The number of unbranched alkanes of at least 4 members (excludes halogenated alkanes) is 2. The minimum atomic E-state index is 0.708. The normalized spacial score (nSPS) is 16.0. The number of nitrogens with one attached hydrogen (secondary N) is 2. The van der Waals surface area contributed by atoms with Gasteiger partial charge in [-0.3, -0.25) is 4.90 Å². The lowest BCUT2D eigenvalue weighted by Crippen LogP contribution is -2.37. The first-order valence-electron chi connectivity index (χ1n) is 9.72. The van der Waals surface area contributed by atoms with Gasteiger partial charge in [0.25, 0.3) is 0 Å². The van der Waals surface area contributed by atoms with Gasteiger partial charge in [0, 0.05) is 32.7 Å². The lowest BCUT2D eigenvalue weighted by atomic mass is 10.1. The molecule has 2 N–H and O–H groups in total. The highest BCUT2D eigenvalue weighted by Crippen LogP contribution is 2.11. The van der Waals surface area contributed by atoms with E-state index >= 15 is 0 Å². The molecule has 25 heavy (non-hydrogen) atoms. The Morgan fingerprint density at radius 3 is 2.68 bits per heavy atom. The Labute approximate surface area is 152 Å². The fraction of sp³-hybridized carbons (Fsp3) is 0.650. The van der Waals surface area contributed by atoms with Gasteiger partial charge in [0.15, 0.2) is 5.96 Å². The van der Waals surface area contributed by atoms with Crippen LogP contribution in [0.1, 0.15) is 44.2 Å². The third kappa shape index (κ3) is 7.88. The van der Waals surface area contributed by atoms with Crippen LogP contribution in [-0.4, -0.2) is 50.3 Å². The molecule has 1 aromatic carbocycles. The van der Waals surface area contributed by atoms with Crippen molar-refractivity contribution in [3.05, 3.63) is 35.4 Å². The lowest BCUT2D eigenvalue weighted by Gasteiger charge is -2.26. The largest absolute Gasteiger partial charge is 0.379 e. The molecule has 2 rings (SSSR count). The molecule has 1 aliphatic rings. The molecule has 0 unspecified atom stereocenters. The van der Waals surface area contributed by atoms with Crippen molar-refractivity contribution in [1.82, 2.24) is 15.5 Å². The fourth-order valence-electron chi connectivity index (χ4n) is 2.94. The van der Waals surface area contributed by atoms with Crippen molar-refractivity contribution in [1.29, 1.82) is 0 Å². The van der Waals surface area contributed by atoms with E-state index in [2.05, 4.69) is 53.6 Å². The maximum atomic E-state index is 5.42. The van der Waals surface area contributed by atoms with Crippen LogP contribution in [0, 0.1) is 0 Å². The second-order valence-electron chi connectivity index (χ2n) is 6.54. The highest BCUT2D eigenvalue weighted by molar-refractivity contribution is 5.79. The first-order valence-corrected chi connectivity index (χ1v) is 9.72. The van der Waals surface area contributed by atoms with Gasteiger partial charge >= 0.3 is 0 Å². The minimum absolute atomic E-state index is 0.708. The summed E-state index contributed by atoms with van der Waals surface area (Å²) in [5.74, 6) is 0.914. The van der Waals surface area contributed by atoms with E-state index in [1.54, 1.807) is 0 Å². The molecule has 0 atom stereocenters. The summed E-state index contributed by atoms with van der Waals surface area (Å²) >= 11 is 0. The third-order valence-corrected chi connectivity index (χ3v) is 4.34. The zero-order chi connectivity index (χ0) is 17.7. The zero-order valence-electron chi connectivity index (χ0n) is 15.9. The molecule has 0 spiro atoms. The average molecular weight is 347 g/mol. The molecule has 0 aromatic heterocycles. The van der Waals surface area contributed by atoms with Crippen molar-refractivity contribution < 1.29 is 4.74 Å². The number of benzene rings is 1. The number of morpholine rings is 1. The Hall–Kier alpha value is -1.59. The number of rotatable bonds is 9. The number of ether oxygens (including phenoxy) is 1. The van der Waals surface area contributed by atoms with Gasteiger partial charge in [-0.1, -0.05) is 44.0 Å². The van der Waals surface area contributed by atoms with E-state index in [9.17, 15) is 0 Å². The Morgan fingerprint density at radius 1 is 1.12 bits per heavy atom. The molecule has 5 nitrogen and oxygen atoms in total. The van der Waals surface area contributed by atoms with Crippen LogP contribution in [0.5, 0.6) is 0 Å². The van der Waals surface area contributed by atoms with Crippen LogP contribution < -0.4 is 10.6 Å². The standard InChI is InChI=1S/C20H34N4O/c1-3-5-6-10-22-20(21-4-2)23-16-18-8-7-9-19(15-18)17-24-11-13-25-14-12-24/h7-9,15H,3-6,10-14,16-17H2,1-2H3,(H2,21,22,23). The summed E-state index contributed by atoms with van der Waals surface area (Å²) in [6, 6.07) is 8.78. The second-order valence-corrected chi connectivity index (χ2v) is 6.54. The Morgan fingerprint density at radius 2 is 1.92 bits per heavy atom. The third-order valence-electron chi connectivity index (χ3n) is 4.34. The number of nitrogens with zero attached hydrogens (tertiary/aromatic N) is 2. The maximum absolute atomic E-state index is 5.42. The molecule has 5 heteroatoms. The molecule has 1 saturated heterocycles. The smallest absolute Gasteiger partial charge is 0.191 e. The Balaban J connectivity index is 1.87. The average Bonchev–Trinajstić information content (AvgIpc) is 2.64. The predicted molar refractivity (Wildman–Crippen MR) is 105 cm³/mol. The van der Waals surface area contributed by atoms with Gasteiger partial charge in [0.1, 0.15) is 0 Å². The van der Waals surface area contributed by atoms with Crippen LogP contribution in [0.25, 0.3) is 0 Å². The molecule has 0 saturated carbocycles. The van der Waals surface area contributed by atoms with E-state index < -0.39 is 0 Å².